The molecular formula is C15H13NO5. The summed E-state index contributed by atoms with van der Waals surface area (Å²) in [5.41, 5.74) is 0.384. The van der Waals surface area contributed by atoms with Gasteiger partial charge < -0.3 is 18.9 Å². The first-order valence-electron chi connectivity index (χ1n) is 6.47. The van der Waals surface area contributed by atoms with Crippen molar-refractivity contribution in [1.82, 2.24) is 4.98 Å². The second-order valence-corrected chi connectivity index (χ2v) is 4.22. The number of aromatic nitrogens is 1. The molecule has 1 aromatic carbocycles. The molecule has 0 N–H and O–H groups in total. The molecular weight excluding hydrogens is 274 g/mol. The third kappa shape index (κ3) is 2.89. The standard InChI is InChI=1S/C15H13NO5/c1-2-18-15(17)10-3-6-14(16-8-10)21-11-4-5-12-13(7-11)20-9-19-12/h3-8H,2,9H2,1H3. The summed E-state index contributed by atoms with van der Waals surface area (Å²) in [5, 5.41) is 0. The Morgan fingerprint density at radius 2 is 2.10 bits per heavy atom. The summed E-state index contributed by atoms with van der Waals surface area (Å²) >= 11 is 0. The molecule has 0 fully saturated rings. The van der Waals surface area contributed by atoms with Crippen molar-refractivity contribution in [2.24, 2.45) is 0 Å². The van der Waals surface area contributed by atoms with Gasteiger partial charge >= 0.3 is 5.97 Å². The Labute approximate surface area is 121 Å². The summed E-state index contributed by atoms with van der Waals surface area (Å²) < 4.78 is 21.0. The Morgan fingerprint density at radius 1 is 1.24 bits per heavy atom. The number of esters is 1. The Hall–Kier alpha value is -2.76. The van der Waals surface area contributed by atoms with Crippen LogP contribution in [0.1, 0.15) is 17.3 Å². The molecule has 6 nitrogen and oxygen atoms in total. The highest BCUT2D eigenvalue weighted by atomic mass is 16.7. The molecule has 0 saturated heterocycles. The van der Waals surface area contributed by atoms with Gasteiger partial charge in [0.1, 0.15) is 5.75 Å². The van der Waals surface area contributed by atoms with Crippen molar-refractivity contribution in [1.29, 1.82) is 0 Å². The van der Waals surface area contributed by atoms with Crippen LogP contribution in [-0.4, -0.2) is 24.4 Å². The second kappa shape index (κ2) is 5.70. The molecule has 0 amide bonds. The SMILES string of the molecule is CCOC(=O)c1ccc(Oc2ccc3c(c2)OCO3)nc1. The molecule has 3 rings (SSSR count). The molecule has 0 saturated carbocycles. The van der Waals surface area contributed by atoms with Gasteiger partial charge in [-0.15, -0.1) is 0 Å². The first-order valence-corrected chi connectivity index (χ1v) is 6.47. The average Bonchev–Trinajstić information content (AvgIpc) is 2.96. The van der Waals surface area contributed by atoms with Crippen LogP contribution >= 0.6 is 0 Å². The second-order valence-electron chi connectivity index (χ2n) is 4.22. The third-order valence-corrected chi connectivity index (χ3v) is 2.81. The van der Waals surface area contributed by atoms with E-state index in [1.165, 1.54) is 6.20 Å². The van der Waals surface area contributed by atoms with E-state index < -0.39 is 5.97 Å². The van der Waals surface area contributed by atoms with E-state index in [1.807, 2.05) is 0 Å². The number of carbonyl (C=O) groups is 1. The molecule has 2 aromatic rings. The first-order chi connectivity index (χ1) is 10.3. The molecule has 1 aliphatic rings. The van der Waals surface area contributed by atoms with Crippen LogP contribution in [0.2, 0.25) is 0 Å². The number of carbonyl (C=O) groups excluding carboxylic acids is 1. The fourth-order valence-electron chi connectivity index (χ4n) is 1.84. The highest BCUT2D eigenvalue weighted by Gasteiger charge is 2.14. The van der Waals surface area contributed by atoms with Gasteiger partial charge in [-0.2, -0.15) is 0 Å². The van der Waals surface area contributed by atoms with Gasteiger partial charge in [-0.1, -0.05) is 0 Å². The lowest BCUT2D eigenvalue weighted by Gasteiger charge is -2.06. The minimum absolute atomic E-state index is 0.214. The van der Waals surface area contributed by atoms with Gasteiger partial charge in [0.05, 0.1) is 12.2 Å². The van der Waals surface area contributed by atoms with Crippen molar-refractivity contribution in [2.45, 2.75) is 6.92 Å². The lowest BCUT2D eigenvalue weighted by atomic mass is 10.3. The molecule has 0 aliphatic carbocycles. The van der Waals surface area contributed by atoms with Crippen LogP contribution in [0.15, 0.2) is 36.5 Å². The van der Waals surface area contributed by atoms with Crippen LogP contribution in [0.5, 0.6) is 23.1 Å². The molecule has 0 atom stereocenters. The fourth-order valence-corrected chi connectivity index (χ4v) is 1.84. The molecule has 21 heavy (non-hydrogen) atoms. The Balaban J connectivity index is 1.72. The minimum atomic E-state index is -0.403. The van der Waals surface area contributed by atoms with Crippen molar-refractivity contribution >= 4 is 5.97 Å². The number of nitrogens with zero attached hydrogens (tertiary/aromatic N) is 1. The van der Waals surface area contributed by atoms with Crippen molar-refractivity contribution in [3.63, 3.8) is 0 Å². The molecule has 0 bridgehead atoms. The number of rotatable bonds is 4. The van der Waals surface area contributed by atoms with Gasteiger partial charge in [0.25, 0.3) is 0 Å². The van der Waals surface area contributed by atoms with Gasteiger partial charge in [0.15, 0.2) is 11.5 Å². The average molecular weight is 287 g/mol. The summed E-state index contributed by atoms with van der Waals surface area (Å²) in [6, 6.07) is 8.46. The molecule has 2 heterocycles. The normalized spacial score (nSPS) is 12.0. The van der Waals surface area contributed by atoms with E-state index in [2.05, 4.69) is 4.98 Å². The third-order valence-electron chi connectivity index (χ3n) is 2.81. The predicted molar refractivity (Wildman–Crippen MR) is 72.8 cm³/mol. The van der Waals surface area contributed by atoms with E-state index in [0.717, 1.165) is 0 Å². The van der Waals surface area contributed by atoms with Crippen LogP contribution in [0.25, 0.3) is 0 Å². The smallest absolute Gasteiger partial charge is 0.339 e. The summed E-state index contributed by atoms with van der Waals surface area (Å²) in [4.78, 5) is 15.6. The summed E-state index contributed by atoms with van der Waals surface area (Å²) in [6.07, 6.45) is 1.42. The van der Waals surface area contributed by atoms with Crippen LogP contribution in [0, 0.1) is 0 Å². The van der Waals surface area contributed by atoms with Gasteiger partial charge in [-0.25, -0.2) is 9.78 Å². The Bertz CT molecular complexity index is 654. The van der Waals surface area contributed by atoms with E-state index in [1.54, 1.807) is 37.3 Å². The highest BCUT2D eigenvalue weighted by Crippen LogP contribution is 2.36. The van der Waals surface area contributed by atoms with Gasteiger partial charge in [-0.3, -0.25) is 0 Å². The van der Waals surface area contributed by atoms with Crippen molar-refractivity contribution in [3.8, 4) is 23.1 Å². The topological polar surface area (TPSA) is 66.9 Å². The summed E-state index contributed by atoms with van der Waals surface area (Å²) in [7, 11) is 0. The van der Waals surface area contributed by atoms with E-state index in [0.29, 0.717) is 35.3 Å². The quantitative estimate of drug-likeness (QED) is 0.805. The van der Waals surface area contributed by atoms with Gasteiger partial charge in [-0.05, 0) is 25.1 Å². The van der Waals surface area contributed by atoms with Crippen LogP contribution < -0.4 is 14.2 Å². The van der Waals surface area contributed by atoms with E-state index in [-0.39, 0.29) is 6.79 Å². The van der Waals surface area contributed by atoms with Crippen LogP contribution in [-0.2, 0) is 4.74 Å². The maximum absolute atomic E-state index is 11.5. The molecule has 108 valence electrons. The van der Waals surface area contributed by atoms with E-state index in [9.17, 15) is 4.79 Å². The van der Waals surface area contributed by atoms with E-state index in [4.69, 9.17) is 18.9 Å². The number of fused-ring (bicyclic) bond motifs is 1. The van der Waals surface area contributed by atoms with Crippen LogP contribution in [0.3, 0.4) is 0 Å². The van der Waals surface area contributed by atoms with Gasteiger partial charge in [0, 0.05) is 18.3 Å². The zero-order valence-electron chi connectivity index (χ0n) is 11.4. The first kappa shape index (κ1) is 13.2. The predicted octanol–water partition coefficient (Wildman–Crippen LogP) is 2.78. The molecule has 6 heteroatoms. The zero-order valence-corrected chi connectivity index (χ0v) is 11.4. The number of hydrogen-bond donors (Lipinski definition) is 0. The number of ether oxygens (including phenoxy) is 4. The van der Waals surface area contributed by atoms with Crippen molar-refractivity contribution < 1.29 is 23.7 Å². The lowest BCUT2D eigenvalue weighted by molar-refractivity contribution is 0.0526. The molecule has 1 aliphatic heterocycles. The summed E-state index contributed by atoms with van der Waals surface area (Å²) in [5.74, 6) is 1.88. The molecule has 1 aromatic heterocycles. The Morgan fingerprint density at radius 3 is 2.86 bits per heavy atom. The van der Waals surface area contributed by atoms with E-state index >= 15 is 0 Å². The van der Waals surface area contributed by atoms with Crippen LogP contribution in [0.4, 0.5) is 0 Å². The zero-order chi connectivity index (χ0) is 14.7. The number of hydrogen-bond acceptors (Lipinski definition) is 6. The molecule has 0 radical (unpaired) electrons. The van der Waals surface area contributed by atoms with Crippen molar-refractivity contribution in [2.75, 3.05) is 13.4 Å². The lowest BCUT2D eigenvalue weighted by Crippen LogP contribution is -2.04. The van der Waals surface area contributed by atoms with Crippen molar-refractivity contribution in [3.05, 3.63) is 42.1 Å². The minimum Gasteiger partial charge on any atom is -0.462 e. The highest BCUT2D eigenvalue weighted by molar-refractivity contribution is 5.89. The summed E-state index contributed by atoms with van der Waals surface area (Å²) in [6.45, 7) is 2.29. The number of pyridine rings is 1. The monoisotopic (exact) mass is 287 g/mol. The van der Waals surface area contributed by atoms with Gasteiger partial charge in [0.2, 0.25) is 12.7 Å². The number of benzene rings is 1. The maximum atomic E-state index is 11.5. The Kier molecular flexibility index (Phi) is 3.59. The molecule has 0 unspecified atom stereocenters. The fraction of sp³-hybridized carbons (Fsp3) is 0.200. The maximum Gasteiger partial charge on any atom is 0.339 e. The molecule has 0 spiro atoms. The largest absolute Gasteiger partial charge is 0.462 e.